The van der Waals surface area contributed by atoms with E-state index in [2.05, 4.69) is 5.32 Å². The predicted molar refractivity (Wildman–Crippen MR) is 31.6 cm³/mol. The maximum Gasteiger partial charge on any atom is 0.0202 e. The molecule has 2 aliphatic carbocycles. The first-order valence-electron chi connectivity index (χ1n) is 3.66. The third-order valence-electron chi connectivity index (χ3n) is 3.32. The van der Waals surface area contributed by atoms with Crippen molar-refractivity contribution >= 4 is 0 Å². The van der Waals surface area contributed by atoms with Crippen LogP contribution in [0.15, 0.2) is 0 Å². The van der Waals surface area contributed by atoms with Crippen LogP contribution in [0.3, 0.4) is 0 Å². The van der Waals surface area contributed by atoms with E-state index < -0.39 is 0 Å². The molecule has 4 fully saturated rings. The van der Waals surface area contributed by atoms with Crippen molar-refractivity contribution in [2.24, 2.45) is 5.92 Å². The zero-order chi connectivity index (χ0) is 5.19. The van der Waals surface area contributed by atoms with Gasteiger partial charge in [-0.3, -0.25) is 0 Å². The highest BCUT2D eigenvalue weighted by atomic mass is 15.2. The van der Waals surface area contributed by atoms with Crippen LogP contribution in [0.25, 0.3) is 0 Å². The normalized spacial score (nSPS) is 66.0. The molecule has 1 nitrogen and oxygen atoms in total. The Morgan fingerprint density at radius 2 is 2.25 bits per heavy atom. The molecule has 44 valence electrons. The predicted octanol–water partition coefficient (Wildman–Crippen LogP) is 0.901. The van der Waals surface area contributed by atoms with E-state index in [0.29, 0.717) is 5.54 Å². The van der Waals surface area contributed by atoms with Gasteiger partial charge in [-0.25, -0.2) is 0 Å². The number of hydrogen-bond donors (Lipinski definition) is 1. The molecule has 0 radical (unpaired) electrons. The molecule has 3 unspecified atom stereocenters. The highest BCUT2D eigenvalue weighted by Gasteiger charge is 2.59. The van der Waals surface area contributed by atoms with Crippen molar-refractivity contribution in [2.45, 2.75) is 37.3 Å². The van der Waals surface area contributed by atoms with Gasteiger partial charge in [-0.15, -0.1) is 0 Å². The second-order valence-electron chi connectivity index (χ2n) is 3.74. The summed E-state index contributed by atoms with van der Waals surface area (Å²) in [6.07, 6.45) is 6.03. The average Bonchev–Trinajstić information content (AvgIpc) is 2.19. The van der Waals surface area contributed by atoms with Crippen LogP contribution in [0.4, 0.5) is 0 Å². The molecule has 8 heavy (non-hydrogen) atoms. The van der Waals surface area contributed by atoms with Crippen molar-refractivity contribution in [2.75, 3.05) is 0 Å². The molecule has 2 saturated heterocycles. The van der Waals surface area contributed by atoms with Gasteiger partial charge < -0.3 is 5.32 Å². The van der Waals surface area contributed by atoms with Crippen LogP contribution in [0, 0.1) is 5.92 Å². The summed E-state index contributed by atoms with van der Waals surface area (Å²) in [6, 6.07) is 0.962. The summed E-state index contributed by atoms with van der Waals surface area (Å²) in [7, 11) is 0. The van der Waals surface area contributed by atoms with Crippen LogP contribution < -0.4 is 5.32 Å². The van der Waals surface area contributed by atoms with Crippen LogP contribution >= 0.6 is 0 Å². The van der Waals surface area contributed by atoms with Crippen molar-refractivity contribution in [1.82, 2.24) is 5.32 Å². The number of nitrogens with one attached hydrogen (secondary N) is 1. The van der Waals surface area contributed by atoms with E-state index in [9.17, 15) is 0 Å². The van der Waals surface area contributed by atoms with E-state index in [1.54, 1.807) is 0 Å². The zero-order valence-electron chi connectivity index (χ0n) is 4.98. The number of piperidine rings is 1. The molecule has 4 rings (SSSR count). The van der Waals surface area contributed by atoms with E-state index in [1.807, 2.05) is 0 Å². The lowest BCUT2D eigenvalue weighted by atomic mass is 9.82. The largest absolute Gasteiger partial charge is 0.308 e. The Kier molecular flexibility index (Phi) is 0.418. The summed E-state index contributed by atoms with van der Waals surface area (Å²) >= 11 is 0. The first-order valence-corrected chi connectivity index (χ1v) is 3.66. The first kappa shape index (κ1) is 3.89. The van der Waals surface area contributed by atoms with Crippen molar-refractivity contribution in [1.29, 1.82) is 0 Å². The summed E-state index contributed by atoms with van der Waals surface area (Å²) < 4.78 is 0. The third-order valence-corrected chi connectivity index (χ3v) is 3.32. The Morgan fingerprint density at radius 3 is 2.38 bits per heavy atom. The van der Waals surface area contributed by atoms with E-state index in [4.69, 9.17) is 0 Å². The maximum absolute atomic E-state index is 3.63. The van der Waals surface area contributed by atoms with E-state index in [0.717, 1.165) is 12.0 Å². The molecule has 1 heteroatoms. The van der Waals surface area contributed by atoms with Gasteiger partial charge in [0, 0.05) is 11.6 Å². The lowest BCUT2D eigenvalue weighted by molar-refractivity contribution is 0.162. The van der Waals surface area contributed by atoms with Crippen molar-refractivity contribution < 1.29 is 0 Å². The van der Waals surface area contributed by atoms with E-state index >= 15 is 0 Å². The van der Waals surface area contributed by atoms with E-state index in [-0.39, 0.29) is 0 Å². The minimum Gasteiger partial charge on any atom is -0.308 e. The van der Waals surface area contributed by atoms with Gasteiger partial charge in [-0.1, -0.05) is 0 Å². The molecular weight excluding hydrogens is 98.1 g/mol. The monoisotopic (exact) mass is 109 g/mol. The Balaban J connectivity index is 2.11. The van der Waals surface area contributed by atoms with Crippen molar-refractivity contribution in [3.63, 3.8) is 0 Å². The Labute approximate surface area is 49.5 Å². The van der Waals surface area contributed by atoms with Gasteiger partial charge in [0.1, 0.15) is 0 Å². The van der Waals surface area contributed by atoms with Gasteiger partial charge in [0.25, 0.3) is 0 Å². The van der Waals surface area contributed by atoms with E-state index in [1.165, 1.54) is 25.7 Å². The molecule has 0 amide bonds. The second-order valence-corrected chi connectivity index (χ2v) is 3.74. The van der Waals surface area contributed by atoms with Crippen LogP contribution in [0.2, 0.25) is 0 Å². The van der Waals surface area contributed by atoms with Crippen molar-refractivity contribution in [3.05, 3.63) is 0 Å². The number of hydrogen-bond acceptors (Lipinski definition) is 1. The van der Waals surface area contributed by atoms with Crippen LogP contribution in [0.5, 0.6) is 0 Å². The van der Waals surface area contributed by atoms with Gasteiger partial charge in [0.2, 0.25) is 0 Å². The zero-order valence-corrected chi connectivity index (χ0v) is 4.98. The highest BCUT2D eigenvalue weighted by Crippen LogP contribution is 2.55. The van der Waals surface area contributed by atoms with Gasteiger partial charge in [0.05, 0.1) is 0 Å². The molecule has 1 spiro atoms. The summed E-state index contributed by atoms with van der Waals surface area (Å²) in [5.74, 6) is 1.09. The molecule has 0 aromatic rings. The molecular formula is C7H11N. The minimum absolute atomic E-state index is 0.704. The lowest BCUT2D eigenvalue weighted by Gasteiger charge is -2.43. The maximum atomic E-state index is 3.63. The molecule has 2 aliphatic heterocycles. The molecule has 2 saturated carbocycles. The molecule has 3 atom stereocenters. The Morgan fingerprint density at radius 1 is 1.38 bits per heavy atom. The third kappa shape index (κ3) is 0.235. The second kappa shape index (κ2) is 0.860. The fourth-order valence-corrected chi connectivity index (χ4v) is 2.91. The molecule has 0 aromatic carbocycles. The van der Waals surface area contributed by atoms with Crippen LogP contribution in [0.1, 0.15) is 25.7 Å². The summed E-state index contributed by atoms with van der Waals surface area (Å²) in [6.45, 7) is 0. The summed E-state index contributed by atoms with van der Waals surface area (Å²) in [4.78, 5) is 0. The smallest absolute Gasteiger partial charge is 0.0202 e. The molecule has 3 bridgehead atoms. The standard InChI is InChI=1S/C7H11N/c1-2-7-3-5(1)6(4-7)8-7/h5-6,8H,1-4H2. The topological polar surface area (TPSA) is 12.0 Å². The fourth-order valence-electron chi connectivity index (χ4n) is 2.91. The number of rotatable bonds is 0. The quantitative estimate of drug-likeness (QED) is 0.487. The molecule has 1 N–H and O–H groups in total. The summed E-state index contributed by atoms with van der Waals surface area (Å²) in [5.41, 5.74) is 0.704. The molecule has 4 aliphatic rings. The molecule has 2 heterocycles. The lowest BCUT2D eigenvalue weighted by Crippen LogP contribution is -2.58. The molecule has 0 aromatic heterocycles. The highest BCUT2D eigenvalue weighted by molar-refractivity contribution is 5.18. The van der Waals surface area contributed by atoms with Crippen LogP contribution in [-0.4, -0.2) is 11.6 Å². The van der Waals surface area contributed by atoms with Crippen LogP contribution in [-0.2, 0) is 0 Å². The van der Waals surface area contributed by atoms with Gasteiger partial charge >= 0.3 is 0 Å². The van der Waals surface area contributed by atoms with Gasteiger partial charge in [-0.05, 0) is 31.6 Å². The summed E-state index contributed by atoms with van der Waals surface area (Å²) in [5, 5.41) is 3.63. The Bertz CT molecular complexity index is 130. The minimum atomic E-state index is 0.704. The van der Waals surface area contributed by atoms with Gasteiger partial charge in [0.15, 0.2) is 0 Å². The Hall–Kier alpha value is -0.0400. The fraction of sp³-hybridized carbons (Fsp3) is 1.00. The van der Waals surface area contributed by atoms with Gasteiger partial charge in [-0.2, -0.15) is 0 Å². The SMILES string of the molecule is C1CC23CC1C(C2)N3. The van der Waals surface area contributed by atoms with Crippen molar-refractivity contribution in [3.8, 4) is 0 Å². The average molecular weight is 109 g/mol. The first-order chi connectivity index (χ1) is 3.88.